The second-order valence-electron chi connectivity index (χ2n) is 5.96. The molecule has 2 aromatic carbocycles. The lowest BCUT2D eigenvalue weighted by molar-refractivity contribution is 0.692. The van der Waals surface area contributed by atoms with E-state index >= 15 is 0 Å². The van der Waals surface area contributed by atoms with Crippen LogP contribution in [0.4, 0.5) is 0 Å². The van der Waals surface area contributed by atoms with Crippen LogP contribution in [0.25, 0.3) is 22.5 Å². The van der Waals surface area contributed by atoms with Crippen molar-refractivity contribution in [3.8, 4) is 22.5 Å². The first kappa shape index (κ1) is 13.2. The van der Waals surface area contributed by atoms with E-state index < -0.39 is 0 Å². The highest BCUT2D eigenvalue weighted by molar-refractivity contribution is 5.77. The van der Waals surface area contributed by atoms with E-state index in [-0.39, 0.29) is 0 Å². The molecule has 0 radical (unpaired) electrons. The zero-order chi connectivity index (χ0) is 14.9. The SMILES string of the molecule is Nn1c(-c2ccccc2)c2c(c1-c1ccccc1)CCCC2. The number of hydrogen-bond acceptors (Lipinski definition) is 1. The maximum Gasteiger partial charge on any atom is 0.0732 e. The van der Waals surface area contributed by atoms with E-state index in [2.05, 4.69) is 60.7 Å². The lowest BCUT2D eigenvalue weighted by Gasteiger charge is -2.13. The summed E-state index contributed by atoms with van der Waals surface area (Å²) in [6, 6.07) is 21.1. The molecule has 0 bridgehead atoms. The van der Waals surface area contributed by atoms with Crippen LogP contribution in [-0.4, -0.2) is 4.68 Å². The van der Waals surface area contributed by atoms with E-state index in [0.717, 1.165) is 12.8 Å². The van der Waals surface area contributed by atoms with Crippen LogP contribution >= 0.6 is 0 Å². The molecule has 1 aliphatic rings. The van der Waals surface area contributed by atoms with Gasteiger partial charge in [0, 0.05) is 11.1 Å². The van der Waals surface area contributed by atoms with Crippen LogP contribution in [0.2, 0.25) is 0 Å². The van der Waals surface area contributed by atoms with Crippen LogP contribution in [0.15, 0.2) is 60.7 Å². The minimum atomic E-state index is 1.13. The average molecular weight is 288 g/mol. The van der Waals surface area contributed by atoms with Crippen LogP contribution in [0.3, 0.4) is 0 Å². The number of fused-ring (bicyclic) bond motifs is 1. The van der Waals surface area contributed by atoms with Crippen LogP contribution in [0.5, 0.6) is 0 Å². The van der Waals surface area contributed by atoms with Gasteiger partial charge in [0.1, 0.15) is 0 Å². The molecule has 0 unspecified atom stereocenters. The summed E-state index contributed by atoms with van der Waals surface area (Å²) in [6.45, 7) is 0. The van der Waals surface area contributed by atoms with E-state index in [4.69, 9.17) is 5.84 Å². The molecule has 0 saturated heterocycles. The summed E-state index contributed by atoms with van der Waals surface area (Å²) in [6.07, 6.45) is 4.77. The number of nitrogen functional groups attached to an aromatic ring is 1. The van der Waals surface area contributed by atoms with E-state index in [1.165, 1.54) is 46.5 Å². The first-order valence-electron chi connectivity index (χ1n) is 7.98. The lowest BCUT2D eigenvalue weighted by Crippen LogP contribution is -2.12. The Labute approximate surface area is 131 Å². The van der Waals surface area contributed by atoms with Gasteiger partial charge < -0.3 is 5.84 Å². The van der Waals surface area contributed by atoms with Crippen LogP contribution in [0, 0.1) is 0 Å². The van der Waals surface area contributed by atoms with Gasteiger partial charge in [-0.05, 0) is 36.8 Å². The Kier molecular flexibility index (Phi) is 3.23. The quantitative estimate of drug-likeness (QED) is 0.695. The standard InChI is InChI=1S/C20H20N2/c21-22-19(15-9-3-1-4-10-15)17-13-7-8-14-18(17)20(22)16-11-5-2-6-12-16/h1-6,9-12H,7-8,13-14,21H2. The Morgan fingerprint density at radius 3 is 1.45 bits per heavy atom. The van der Waals surface area contributed by atoms with Crippen LogP contribution < -0.4 is 5.84 Å². The van der Waals surface area contributed by atoms with E-state index in [1.54, 1.807) is 0 Å². The maximum atomic E-state index is 6.56. The Morgan fingerprint density at radius 2 is 1.05 bits per heavy atom. The van der Waals surface area contributed by atoms with Crippen molar-refractivity contribution in [3.63, 3.8) is 0 Å². The summed E-state index contributed by atoms with van der Waals surface area (Å²) in [4.78, 5) is 0. The van der Waals surface area contributed by atoms with Gasteiger partial charge >= 0.3 is 0 Å². The molecule has 0 spiro atoms. The highest BCUT2D eigenvalue weighted by atomic mass is 15.3. The maximum absolute atomic E-state index is 6.56. The number of rotatable bonds is 2. The van der Waals surface area contributed by atoms with Gasteiger partial charge in [-0.3, -0.25) is 4.68 Å². The third kappa shape index (κ3) is 2.03. The number of nitrogens with zero attached hydrogens (tertiary/aromatic N) is 1. The largest absolute Gasteiger partial charge is 0.339 e. The molecule has 3 aromatic rings. The Bertz CT molecular complexity index is 719. The van der Waals surface area contributed by atoms with Crippen molar-refractivity contribution < 1.29 is 0 Å². The fraction of sp³-hybridized carbons (Fsp3) is 0.200. The zero-order valence-electron chi connectivity index (χ0n) is 12.6. The van der Waals surface area contributed by atoms with Gasteiger partial charge in [0.2, 0.25) is 0 Å². The predicted molar refractivity (Wildman–Crippen MR) is 92.1 cm³/mol. The molecule has 22 heavy (non-hydrogen) atoms. The molecule has 1 heterocycles. The van der Waals surface area contributed by atoms with Crippen molar-refractivity contribution >= 4 is 0 Å². The second-order valence-corrected chi connectivity index (χ2v) is 5.96. The molecule has 0 fully saturated rings. The lowest BCUT2D eigenvalue weighted by atomic mass is 9.89. The van der Waals surface area contributed by atoms with Gasteiger partial charge in [-0.2, -0.15) is 0 Å². The van der Waals surface area contributed by atoms with Crippen molar-refractivity contribution in [2.24, 2.45) is 0 Å². The molecule has 0 atom stereocenters. The van der Waals surface area contributed by atoms with Gasteiger partial charge in [-0.25, -0.2) is 0 Å². The number of hydrogen-bond donors (Lipinski definition) is 1. The van der Waals surface area contributed by atoms with Crippen molar-refractivity contribution in [2.45, 2.75) is 25.7 Å². The number of benzene rings is 2. The first-order chi connectivity index (χ1) is 10.9. The molecule has 2 heteroatoms. The van der Waals surface area contributed by atoms with Gasteiger partial charge in [0.15, 0.2) is 0 Å². The zero-order valence-corrected chi connectivity index (χ0v) is 12.6. The Hall–Kier alpha value is -2.48. The van der Waals surface area contributed by atoms with Crippen molar-refractivity contribution in [3.05, 3.63) is 71.8 Å². The summed E-state index contributed by atoms with van der Waals surface area (Å²) >= 11 is 0. The molecule has 110 valence electrons. The van der Waals surface area contributed by atoms with Crippen molar-refractivity contribution in [2.75, 3.05) is 5.84 Å². The third-order valence-electron chi connectivity index (χ3n) is 4.62. The fourth-order valence-electron chi connectivity index (χ4n) is 3.65. The van der Waals surface area contributed by atoms with E-state index in [1.807, 2.05) is 4.68 Å². The van der Waals surface area contributed by atoms with E-state index in [9.17, 15) is 0 Å². The van der Waals surface area contributed by atoms with Crippen LogP contribution in [-0.2, 0) is 12.8 Å². The molecular formula is C20H20N2. The highest BCUT2D eigenvalue weighted by Gasteiger charge is 2.25. The monoisotopic (exact) mass is 288 g/mol. The molecular weight excluding hydrogens is 268 g/mol. The topological polar surface area (TPSA) is 30.9 Å². The molecule has 4 rings (SSSR count). The molecule has 1 aliphatic carbocycles. The minimum absolute atomic E-state index is 1.13. The normalized spacial score (nSPS) is 13.8. The van der Waals surface area contributed by atoms with E-state index in [0.29, 0.717) is 0 Å². The van der Waals surface area contributed by atoms with Crippen molar-refractivity contribution in [1.82, 2.24) is 4.68 Å². The summed E-state index contributed by atoms with van der Waals surface area (Å²) in [5, 5.41) is 0. The van der Waals surface area contributed by atoms with Gasteiger partial charge in [0.25, 0.3) is 0 Å². The molecule has 2 nitrogen and oxygen atoms in total. The summed E-state index contributed by atoms with van der Waals surface area (Å²) in [5.41, 5.74) is 7.69. The Balaban J connectivity index is 1.99. The number of aromatic nitrogens is 1. The third-order valence-corrected chi connectivity index (χ3v) is 4.62. The summed E-state index contributed by atoms with van der Waals surface area (Å²) in [7, 11) is 0. The minimum Gasteiger partial charge on any atom is -0.339 e. The second kappa shape index (κ2) is 5.38. The number of nitrogens with two attached hydrogens (primary N) is 1. The molecule has 1 aromatic heterocycles. The van der Waals surface area contributed by atoms with Gasteiger partial charge in [0.05, 0.1) is 11.4 Å². The van der Waals surface area contributed by atoms with Crippen LogP contribution in [0.1, 0.15) is 24.0 Å². The Morgan fingerprint density at radius 1 is 0.636 bits per heavy atom. The predicted octanol–water partition coefficient (Wildman–Crippen LogP) is 4.41. The van der Waals surface area contributed by atoms with Gasteiger partial charge in [-0.15, -0.1) is 0 Å². The molecule has 0 aliphatic heterocycles. The highest BCUT2D eigenvalue weighted by Crippen LogP contribution is 2.39. The molecule has 2 N–H and O–H groups in total. The molecule has 0 amide bonds. The average Bonchev–Trinajstić information content (AvgIpc) is 2.88. The smallest absolute Gasteiger partial charge is 0.0732 e. The van der Waals surface area contributed by atoms with Gasteiger partial charge in [-0.1, -0.05) is 60.7 Å². The first-order valence-corrected chi connectivity index (χ1v) is 7.98. The van der Waals surface area contributed by atoms with Crippen molar-refractivity contribution in [1.29, 1.82) is 0 Å². The molecule has 0 saturated carbocycles. The summed E-state index contributed by atoms with van der Waals surface area (Å²) in [5.74, 6) is 6.56. The summed E-state index contributed by atoms with van der Waals surface area (Å²) < 4.78 is 1.92. The fourth-order valence-corrected chi connectivity index (χ4v) is 3.65.